The molecule has 170 valence electrons. The lowest BCUT2D eigenvalue weighted by molar-refractivity contribution is 0.531. The molecular formula is C27H58Si. The fourth-order valence-corrected chi connectivity index (χ4v) is 11.0. The van der Waals surface area contributed by atoms with Crippen molar-refractivity contribution < 1.29 is 0 Å². The molecule has 0 saturated heterocycles. The zero-order valence-corrected chi connectivity index (χ0v) is 22.1. The van der Waals surface area contributed by atoms with E-state index in [0.717, 1.165) is 11.8 Å². The van der Waals surface area contributed by atoms with Gasteiger partial charge in [-0.05, 0) is 11.8 Å². The summed E-state index contributed by atoms with van der Waals surface area (Å²) in [6.07, 6.45) is 23.7. The van der Waals surface area contributed by atoms with Crippen molar-refractivity contribution in [3.8, 4) is 0 Å². The van der Waals surface area contributed by atoms with E-state index in [1.54, 1.807) is 18.1 Å². The third-order valence-corrected chi connectivity index (χ3v) is 11.6. The Kier molecular flexibility index (Phi) is 19.3. The van der Waals surface area contributed by atoms with Crippen LogP contribution in [0.4, 0.5) is 0 Å². The monoisotopic (exact) mass is 410 g/mol. The maximum atomic E-state index is 2.69. The smallest absolute Gasteiger partial charge is 0.0509 e. The molecule has 0 unspecified atom stereocenters. The number of rotatable bonds is 21. The highest BCUT2D eigenvalue weighted by molar-refractivity contribution is 6.78. The zero-order chi connectivity index (χ0) is 21.1. The highest BCUT2D eigenvalue weighted by Gasteiger charge is 2.28. The van der Waals surface area contributed by atoms with Crippen LogP contribution in [-0.2, 0) is 0 Å². The van der Waals surface area contributed by atoms with Crippen LogP contribution in [0.5, 0.6) is 0 Å². The fraction of sp³-hybridized carbons (Fsp3) is 1.00. The van der Waals surface area contributed by atoms with Crippen LogP contribution in [0.25, 0.3) is 0 Å². The van der Waals surface area contributed by atoms with E-state index in [2.05, 4.69) is 41.2 Å². The summed E-state index contributed by atoms with van der Waals surface area (Å²) in [5.74, 6) is 1.80. The van der Waals surface area contributed by atoms with Gasteiger partial charge in [0.1, 0.15) is 0 Å². The number of unbranched alkanes of at least 4 members (excludes halogenated alkanes) is 15. The van der Waals surface area contributed by atoms with Crippen molar-refractivity contribution in [3.63, 3.8) is 0 Å². The van der Waals surface area contributed by atoms with Gasteiger partial charge in [-0.3, -0.25) is 0 Å². The molecule has 0 saturated carbocycles. The Hall–Kier alpha value is 0.217. The Labute approximate surface area is 182 Å². The summed E-state index contributed by atoms with van der Waals surface area (Å²) in [5, 5.41) is 0. The fourth-order valence-electron chi connectivity index (χ4n) is 5.36. The first-order valence-electron chi connectivity index (χ1n) is 13.4. The van der Waals surface area contributed by atoms with Gasteiger partial charge in [0.05, 0.1) is 8.07 Å². The van der Waals surface area contributed by atoms with E-state index in [0.29, 0.717) is 0 Å². The molecule has 0 nitrogen and oxygen atoms in total. The van der Waals surface area contributed by atoms with Gasteiger partial charge in [0.25, 0.3) is 0 Å². The van der Waals surface area contributed by atoms with Crippen molar-refractivity contribution in [2.45, 2.75) is 162 Å². The SMILES string of the molecule is CCCCCCCCCCCCCCCCCC[Si](C)(CC(C)C)CC(C)C. The predicted molar refractivity (Wildman–Crippen MR) is 135 cm³/mol. The Morgan fingerprint density at radius 1 is 0.464 bits per heavy atom. The lowest BCUT2D eigenvalue weighted by Gasteiger charge is -2.31. The van der Waals surface area contributed by atoms with Gasteiger partial charge in [0.2, 0.25) is 0 Å². The molecule has 0 aromatic heterocycles. The summed E-state index contributed by atoms with van der Waals surface area (Å²) in [6, 6.07) is 4.68. The standard InChI is InChI=1S/C27H58Si/c1-7-8-9-10-11-12-13-14-15-16-17-18-19-20-21-22-23-28(6,24-26(2)3)25-27(4)5/h26-27H,7-25H2,1-6H3. The van der Waals surface area contributed by atoms with Crippen molar-refractivity contribution in [2.75, 3.05) is 0 Å². The first kappa shape index (κ1) is 28.2. The molecule has 0 fully saturated rings. The van der Waals surface area contributed by atoms with Gasteiger partial charge in [0, 0.05) is 0 Å². The number of hydrogen-bond acceptors (Lipinski definition) is 0. The molecule has 0 bridgehead atoms. The quantitative estimate of drug-likeness (QED) is 0.130. The third kappa shape index (κ3) is 19.5. The van der Waals surface area contributed by atoms with Gasteiger partial charge in [0.15, 0.2) is 0 Å². The molecule has 0 atom stereocenters. The van der Waals surface area contributed by atoms with Crippen LogP contribution in [0.2, 0.25) is 24.7 Å². The van der Waals surface area contributed by atoms with Crippen LogP contribution in [0.3, 0.4) is 0 Å². The van der Waals surface area contributed by atoms with Gasteiger partial charge in [-0.1, -0.05) is 162 Å². The van der Waals surface area contributed by atoms with E-state index in [1.165, 1.54) is 103 Å². The zero-order valence-electron chi connectivity index (χ0n) is 21.1. The van der Waals surface area contributed by atoms with Crippen molar-refractivity contribution in [3.05, 3.63) is 0 Å². The Bertz CT molecular complexity index is 297. The van der Waals surface area contributed by atoms with Crippen LogP contribution in [-0.4, -0.2) is 8.07 Å². The summed E-state index contributed by atoms with van der Waals surface area (Å²) in [4.78, 5) is 0. The molecule has 0 aliphatic rings. The van der Waals surface area contributed by atoms with Crippen LogP contribution >= 0.6 is 0 Å². The topological polar surface area (TPSA) is 0 Å². The van der Waals surface area contributed by atoms with Crippen LogP contribution < -0.4 is 0 Å². The minimum absolute atomic E-state index is 0.900. The van der Waals surface area contributed by atoms with E-state index >= 15 is 0 Å². The van der Waals surface area contributed by atoms with Gasteiger partial charge < -0.3 is 0 Å². The van der Waals surface area contributed by atoms with Crippen molar-refractivity contribution in [1.29, 1.82) is 0 Å². The van der Waals surface area contributed by atoms with Crippen LogP contribution in [0.1, 0.15) is 137 Å². The molecule has 0 rings (SSSR count). The number of hydrogen-bond donors (Lipinski definition) is 0. The Balaban J connectivity index is 3.44. The maximum absolute atomic E-state index is 2.69. The normalized spacial score (nSPS) is 12.4. The van der Waals surface area contributed by atoms with Gasteiger partial charge >= 0.3 is 0 Å². The van der Waals surface area contributed by atoms with E-state index < -0.39 is 8.07 Å². The summed E-state index contributed by atoms with van der Waals surface area (Å²) >= 11 is 0. The minimum Gasteiger partial charge on any atom is -0.0691 e. The Morgan fingerprint density at radius 2 is 0.750 bits per heavy atom. The van der Waals surface area contributed by atoms with E-state index in [-0.39, 0.29) is 0 Å². The second-order valence-electron chi connectivity index (χ2n) is 11.1. The molecular weight excluding hydrogens is 352 g/mol. The second kappa shape index (κ2) is 19.2. The Morgan fingerprint density at radius 3 is 1.04 bits per heavy atom. The summed E-state index contributed by atoms with van der Waals surface area (Å²) < 4.78 is 0. The minimum atomic E-state index is -0.983. The largest absolute Gasteiger partial charge is 0.0691 e. The first-order valence-corrected chi connectivity index (χ1v) is 16.5. The average Bonchev–Trinajstić information content (AvgIpc) is 2.60. The van der Waals surface area contributed by atoms with Gasteiger partial charge in [-0.25, -0.2) is 0 Å². The average molecular weight is 411 g/mol. The first-order chi connectivity index (χ1) is 13.4. The maximum Gasteiger partial charge on any atom is 0.0509 e. The highest BCUT2D eigenvalue weighted by Crippen LogP contribution is 2.31. The van der Waals surface area contributed by atoms with Crippen molar-refractivity contribution in [1.82, 2.24) is 0 Å². The molecule has 0 radical (unpaired) electrons. The molecule has 0 aromatic carbocycles. The van der Waals surface area contributed by atoms with Crippen molar-refractivity contribution in [2.24, 2.45) is 11.8 Å². The molecule has 0 spiro atoms. The van der Waals surface area contributed by atoms with E-state index in [4.69, 9.17) is 0 Å². The molecule has 0 heterocycles. The third-order valence-electron chi connectivity index (χ3n) is 6.44. The molecule has 0 aromatic rings. The second-order valence-corrected chi connectivity index (χ2v) is 16.0. The van der Waals surface area contributed by atoms with Gasteiger partial charge in [-0.2, -0.15) is 0 Å². The molecule has 28 heavy (non-hydrogen) atoms. The van der Waals surface area contributed by atoms with Crippen molar-refractivity contribution >= 4 is 8.07 Å². The molecule has 0 aliphatic heterocycles. The van der Waals surface area contributed by atoms with E-state index in [9.17, 15) is 0 Å². The molecule has 0 amide bonds. The lowest BCUT2D eigenvalue weighted by atomic mass is 10.0. The summed E-state index contributed by atoms with van der Waals surface area (Å²) in [5.41, 5.74) is 0. The molecule has 0 aliphatic carbocycles. The molecule has 1 heteroatoms. The van der Waals surface area contributed by atoms with Crippen LogP contribution in [0, 0.1) is 11.8 Å². The summed E-state index contributed by atoms with van der Waals surface area (Å²) in [7, 11) is -0.983. The van der Waals surface area contributed by atoms with Gasteiger partial charge in [-0.15, -0.1) is 0 Å². The van der Waals surface area contributed by atoms with Crippen LogP contribution in [0.15, 0.2) is 0 Å². The lowest BCUT2D eigenvalue weighted by Crippen LogP contribution is -2.33. The van der Waals surface area contributed by atoms with E-state index in [1.807, 2.05) is 0 Å². The summed E-state index contributed by atoms with van der Waals surface area (Å²) in [6.45, 7) is 14.7. The highest BCUT2D eigenvalue weighted by atomic mass is 28.3. The molecule has 0 N–H and O–H groups in total. The predicted octanol–water partition coefficient (Wildman–Crippen LogP) is 10.6.